The number of benzene rings is 2. The lowest BCUT2D eigenvalue weighted by atomic mass is 10.1. The number of aryl methyl sites for hydroxylation is 2. The van der Waals surface area contributed by atoms with Crippen LogP contribution < -0.4 is 14.8 Å². The van der Waals surface area contributed by atoms with Crippen LogP contribution in [-0.2, 0) is 4.79 Å². The van der Waals surface area contributed by atoms with E-state index in [-0.39, 0.29) is 12.5 Å². The lowest BCUT2D eigenvalue weighted by Crippen LogP contribution is -2.20. The van der Waals surface area contributed by atoms with Crippen molar-refractivity contribution < 1.29 is 14.3 Å². The Morgan fingerprint density at radius 3 is 2.27 bits per heavy atom. The molecule has 0 saturated carbocycles. The van der Waals surface area contributed by atoms with Crippen LogP contribution in [-0.4, -0.2) is 19.1 Å². The second-order valence-corrected chi connectivity index (χ2v) is 5.12. The van der Waals surface area contributed by atoms with Crippen molar-refractivity contribution in [3.63, 3.8) is 0 Å². The smallest absolute Gasteiger partial charge is 0.262 e. The van der Waals surface area contributed by atoms with E-state index >= 15 is 0 Å². The Hall–Kier alpha value is -2.49. The van der Waals surface area contributed by atoms with Crippen LogP contribution in [0.15, 0.2) is 42.5 Å². The van der Waals surface area contributed by atoms with E-state index in [1.807, 2.05) is 45.0 Å². The summed E-state index contributed by atoms with van der Waals surface area (Å²) in [6.45, 7) is 6.47. The summed E-state index contributed by atoms with van der Waals surface area (Å²) in [6.07, 6.45) is 0. The number of hydrogen-bond donors (Lipinski definition) is 1. The Kier molecular flexibility index (Phi) is 5.42. The van der Waals surface area contributed by atoms with Crippen molar-refractivity contribution in [2.24, 2.45) is 0 Å². The molecule has 2 aromatic rings. The first-order chi connectivity index (χ1) is 10.6. The van der Waals surface area contributed by atoms with Crippen LogP contribution in [0, 0.1) is 13.8 Å². The Labute approximate surface area is 131 Å². The zero-order chi connectivity index (χ0) is 15.9. The molecule has 0 bridgehead atoms. The number of rotatable bonds is 6. The Morgan fingerprint density at radius 2 is 1.64 bits per heavy atom. The van der Waals surface area contributed by atoms with Crippen LogP contribution >= 0.6 is 0 Å². The Balaban J connectivity index is 1.91. The van der Waals surface area contributed by atoms with Gasteiger partial charge in [-0.1, -0.05) is 12.1 Å². The fourth-order valence-electron chi connectivity index (χ4n) is 2.21. The Bertz CT molecular complexity index is 632. The van der Waals surface area contributed by atoms with Gasteiger partial charge in [0.1, 0.15) is 11.5 Å². The molecule has 0 radical (unpaired) electrons. The summed E-state index contributed by atoms with van der Waals surface area (Å²) in [5.41, 5.74) is 3.01. The highest BCUT2D eigenvalue weighted by Crippen LogP contribution is 2.19. The van der Waals surface area contributed by atoms with Crippen LogP contribution in [0.3, 0.4) is 0 Å². The van der Waals surface area contributed by atoms with Crippen molar-refractivity contribution in [2.75, 3.05) is 18.5 Å². The van der Waals surface area contributed by atoms with Gasteiger partial charge in [-0.2, -0.15) is 0 Å². The van der Waals surface area contributed by atoms with E-state index in [0.717, 1.165) is 22.6 Å². The van der Waals surface area contributed by atoms with Gasteiger partial charge in [0.15, 0.2) is 6.61 Å². The quantitative estimate of drug-likeness (QED) is 0.884. The maximum atomic E-state index is 12.0. The molecule has 1 N–H and O–H groups in total. The van der Waals surface area contributed by atoms with E-state index in [1.54, 1.807) is 12.1 Å². The van der Waals surface area contributed by atoms with Crippen molar-refractivity contribution in [1.29, 1.82) is 0 Å². The van der Waals surface area contributed by atoms with E-state index in [9.17, 15) is 4.79 Å². The van der Waals surface area contributed by atoms with Gasteiger partial charge in [0.05, 0.1) is 6.61 Å². The maximum absolute atomic E-state index is 12.0. The van der Waals surface area contributed by atoms with E-state index in [2.05, 4.69) is 11.4 Å². The van der Waals surface area contributed by atoms with E-state index in [4.69, 9.17) is 9.47 Å². The van der Waals surface area contributed by atoms with Crippen molar-refractivity contribution in [2.45, 2.75) is 20.8 Å². The first kappa shape index (κ1) is 15.9. The van der Waals surface area contributed by atoms with Gasteiger partial charge in [0, 0.05) is 11.8 Å². The lowest BCUT2D eigenvalue weighted by molar-refractivity contribution is -0.118. The molecule has 0 heterocycles. The minimum atomic E-state index is -0.188. The number of nitrogens with one attached hydrogen (secondary N) is 1. The van der Waals surface area contributed by atoms with Gasteiger partial charge < -0.3 is 14.8 Å². The molecule has 4 nitrogen and oxygen atoms in total. The van der Waals surface area contributed by atoms with Gasteiger partial charge in [0.2, 0.25) is 0 Å². The normalized spacial score (nSPS) is 10.1. The predicted octanol–water partition coefficient (Wildman–Crippen LogP) is 3.72. The molecule has 0 saturated heterocycles. The maximum Gasteiger partial charge on any atom is 0.262 e. The average molecular weight is 299 g/mol. The van der Waals surface area contributed by atoms with E-state index in [1.165, 1.54) is 0 Å². The summed E-state index contributed by atoms with van der Waals surface area (Å²) in [7, 11) is 0. The standard InChI is InChI=1S/C18H21NO3/c1-4-21-16-6-5-7-17(11-16)22-12-18(20)19-15-9-13(2)8-14(3)10-15/h5-11H,4,12H2,1-3H3,(H,19,20). The topological polar surface area (TPSA) is 47.6 Å². The molecule has 0 unspecified atom stereocenters. The van der Waals surface area contributed by atoms with Gasteiger partial charge in [-0.3, -0.25) is 4.79 Å². The van der Waals surface area contributed by atoms with Crippen molar-refractivity contribution in [3.8, 4) is 11.5 Å². The van der Waals surface area contributed by atoms with Gasteiger partial charge in [-0.15, -0.1) is 0 Å². The molecule has 116 valence electrons. The van der Waals surface area contributed by atoms with E-state index < -0.39 is 0 Å². The third-order valence-corrected chi connectivity index (χ3v) is 2.99. The number of carbonyl (C=O) groups excluding carboxylic acids is 1. The Morgan fingerprint density at radius 1 is 1.00 bits per heavy atom. The third kappa shape index (κ3) is 4.81. The largest absolute Gasteiger partial charge is 0.494 e. The number of hydrogen-bond acceptors (Lipinski definition) is 3. The van der Waals surface area contributed by atoms with Crippen LogP contribution in [0.4, 0.5) is 5.69 Å². The molecule has 0 aliphatic carbocycles. The molecular formula is C18H21NO3. The summed E-state index contributed by atoms with van der Waals surface area (Å²) in [5, 5.41) is 2.84. The molecule has 0 spiro atoms. The summed E-state index contributed by atoms with van der Waals surface area (Å²) < 4.78 is 10.9. The second kappa shape index (κ2) is 7.50. The molecule has 0 aromatic heterocycles. The minimum Gasteiger partial charge on any atom is -0.494 e. The fourth-order valence-corrected chi connectivity index (χ4v) is 2.21. The second-order valence-electron chi connectivity index (χ2n) is 5.12. The van der Waals surface area contributed by atoms with Gasteiger partial charge in [-0.05, 0) is 56.2 Å². The third-order valence-electron chi connectivity index (χ3n) is 2.99. The molecule has 0 atom stereocenters. The number of ether oxygens (including phenoxy) is 2. The molecule has 0 aliphatic heterocycles. The molecule has 0 aliphatic rings. The molecular weight excluding hydrogens is 278 g/mol. The summed E-state index contributed by atoms with van der Waals surface area (Å²) >= 11 is 0. The summed E-state index contributed by atoms with van der Waals surface area (Å²) in [4.78, 5) is 12.0. The van der Waals surface area contributed by atoms with Crippen LogP contribution in [0.2, 0.25) is 0 Å². The molecule has 2 aromatic carbocycles. The highest BCUT2D eigenvalue weighted by atomic mass is 16.5. The van der Waals surface area contributed by atoms with Gasteiger partial charge >= 0.3 is 0 Å². The van der Waals surface area contributed by atoms with Crippen molar-refractivity contribution in [3.05, 3.63) is 53.6 Å². The van der Waals surface area contributed by atoms with Gasteiger partial charge in [-0.25, -0.2) is 0 Å². The van der Waals surface area contributed by atoms with E-state index in [0.29, 0.717) is 12.4 Å². The number of amides is 1. The summed E-state index contributed by atoms with van der Waals surface area (Å²) in [5.74, 6) is 1.16. The number of anilines is 1. The molecule has 1 amide bonds. The zero-order valence-corrected chi connectivity index (χ0v) is 13.2. The highest BCUT2D eigenvalue weighted by molar-refractivity contribution is 5.92. The molecule has 22 heavy (non-hydrogen) atoms. The molecule has 4 heteroatoms. The number of carbonyl (C=O) groups is 1. The average Bonchev–Trinajstić information content (AvgIpc) is 2.45. The predicted molar refractivity (Wildman–Crippen MR) is 87.7 cm³/mol. The van der Waals surface area contributed by atoms with Crippen LogP contribution in [0.25, 0.3) is 0 Å². The molecule has 2 rings (SSSR count). The lowest BCUT2D eigenvalue weighted by Gasteiger charge is -2.10. The van der Waals surface area contributed by atoms with Crippen LogP contribution in [0.1, 0.15) is 18.1 Å². The van der Waals surface area contributed by atoms with Crippen molar-refractivity contribution >= 4 is 11.6 Å². The minimum absolute atomic E-state index is 0.0391. The monoisotopic (exact) mass is 299 g/mol. The first-order valence-electron chi connectivity index (χ1n) is 7.30. The fraction of sp³-hybridized carbons (Fsp3) is 0.278. The SMILES string of the molecule is CCOc1cccc(OCC(=O)Nc2cc(C)cc(C)c2)c1. The first-order valence-corrected chi connectivity index (χ1v) is 7.30. The van der Waals surface area contributed by atoms with Crippen LogP contribution in [0.5, 0.6) is 11.5 Å². The van der Waals surface area contributed by atoms with Crippen molar-refractivity contribution in [1.82, 2.24) is 0 Å². The van der Waals surface area contributed by atoms with Gasteiger partial charge in [0.25, 0.3) is 5.91 Å². The zero-order valence-electron chi connectivity index (χ0n) is 13.2. The summed E-state index contributed by atoms with van der Waals surface area (Å²) in [6, 6.07) is 13.2. The highest BCUT2D eigenvalue weighted by Gasteiger charge is 2.05. The molecule has 0 fully saturated rings.